The number of anilines is 2. The smallest absolute Gasteiger partial charge is 0.451 e. The Bertz CT molecular complexity index is 610. The van der Waals surface area contributed by atoms with Crippen molar-refractivity contribution in [3.8, 4) is 0 Å². The molecule has 2 aromatic heterocycles. The van der Waals surface area contributed by atoms with Crippen LogP contribution in [0.15, 0.2) is 22.6 Å². The number of nitrogens with zero attached hydrogens (tertiary/aromatic N) is 2. The fraction of sp³-hybridized carbons (Fsp3) is 0.385. The first kappa shape index (κ1) is 15.1. The van der Waals surface area contributed by atoms with Gasteiger partial charge in [-0.3, -0.25) is 0 Å². The summed E-state index contributed by atoms with van der Waals surface area (Å²) in [4.78, 5) is 6.92. The molecule has 0 saturated heterocycles. The van der Waals surface area contributed by atoms with Gasteiger partial charge in [-0.1, -0.05) is 0 Å². The minimum Gasteiger partial charge on any atom is -0.465 e. The molecule has 114 valence electrons. The highest BCUT2D eigenvalue weighted by Crippen LogP contribution is 2.28. The maximum atomic E-state index is 12.8. The van der Waals surface area contributed by atoms with Crippen molar-refractivity contribution in [2.24, 2.45) is 0 Å². The molecule has 0 aliphatic heterocycles. The van der Waals surface area contributed by atoms with E-state index in [2.05, 4.69) is 20.6 Å². The summed E-state index contributed by atoms with van der Waals surface area (Å²) in [7, 11) is 0. The van der Waals surface area contributed by atoms with E-state index in [1.54, 1.807) is 26.0 Å². The predicted octanol–water partition coefficient (Wildman–Crippen LogP) is 3.44. The van der Waals surface area contributed by atoms with Crippen molar-refractivity contribution >= 4 is 11.6 Å². The highest BCUT2D eigenvalue weighted by molar-refractivity contribution is 5.47. The van der Waals surface area contributed by atoms with E-state index in [4.69, 9.17) is 4.42 Å². The average molecular weight is 300 g/mol. The molecule has 0 saturated carbocycles. The van der Waals surface area contributed by atoms with Crippen LogP contribution in [0.2, 0.25) is 0 Å². The minimum absolute atomic E-state index is 0.0855. The zero-order chi connectivity index (χ0) is 15.5. The van der Waals surface area contributed by atoms with Crippen molar-refractivity contribution in [2.75, 3.05) is 17.2 Å². The summed E-state index contributed by atoms with van der Waals surface area (Å²) in [5.74, 6) is 0.378. The van der Waals surface area contributed by atoms with E-state index in [0.29, 0.717) is 12.3 Å². The fourth-order valence-corrected chi connectivity index (χ4v) is 1.69. The van der Waals surface area contributed by atoms with E-state index < -0.39 is 12.0 Å². The van der Waals surface area contributed by atoms with Gasteiger partial charge in [-0.2, -0.15) is 13.2 Å². The molecule has 21 heavy (non-hydrogen) atoms. The van der Waals surface area contributed by atoms with Crippen LogP contribution in [0.25, 0.3) is 0 Å². The number of furan rings is 1. The summed E-state index contributed by atoms with van der Waals surface area (Å²) in [6.07, 6.45) is -4.59. The molecule has 2 N–H and O–H groups in total. The lowest BCUT2D eigenvalue weighted by atomic mass is 10.4. The third-order valence-corrected chi connectivity index (χ3v) is 2.58. The Labute approximate surface area is 119 Å². The molecule has 0 amide bonds. The maximum Gasteiger partial charge on any atom is 0.451 e. The van der Waals surface area contributed by atoms with Gasteiger partial charge in [0.2, 0.25) is 5.82 Å². The van der Waals surface area contributed by atoms with Gasteiger partial charge in [-0.15, -0.1) is 0 Å². The summed E-state index contributed by atoms with van der Waals surface area (Å²) in [6, 6.07) is 4.95. The van der Waals surface area contributed by atoms with Gasteiger partial charge in [0.25, 0.3) is 0 Å². The zero-order valence-electron chi connectivity index (χ0n) is 11.6. The van der Waals surface area contributed by atoms with E-state index in [1.165, 1.54) is 6.07 Å². The number of alkyl halides is 3. The first-order chi connectivity index (χ1) is 9.88. The second-order valence-electron chi connectivity index (χ2n) is 4.36. The molecular formula is C13H15F3N4O. The molecule has 2 rings (SSSR count). The van der Waals surface area contributed by atoms with Crippen molar-refractivity contribution in [1.29, 1.82) is 0 Å². The molecule has 0 aliphatic rings. The van der Waals surface area contributed by atoms with Crippen LogP contribution in [-0.2, 0) is 12.7 Å². The summed E-state index contributed by atoms with van der Waals surface area (Å²) >= 11 is 0. The molecular weight excluding hydrogens is 285 g/mol. The van der Waals surface area contributed by atoms with Crippen LogP contribution in [0, 0.1) is 6.92 Å². The van der Waals surface area contributed by atoms with E-state index in [1.807, 2.05) is 0 Å². The van der Waals surface area contributed by atoms with E-state index >= 15 is 0 Å². The lowest BCUT2D eigenvalue weighted by molar-refractivity contribution is -0.144. The van der Waals surface area contributed by atoms with Gasteiger partial charge >= 0.3 is 6.18 Å². The number of rotatable bonds is 5. The maximum absolute atomic E-state index is 12.8. The summed E-state index contributed by atoms with van der Waals surface area (Å²) < 4.78 is 43.6. The molecule has 0 fully saturated rings. The van der Waals surface area contributed by atoms with Gasteiger partial charge in [-0.25, -0.2) is 9.97 Å². The fourth-order valence-electron chi connectivity index (χ4n) is 1.69. The first-order valence-corrected chi connectivity index (χ1v) is 6.38. The minimum atomic E-state index is -4.59. The highest BCUT2D eigenvalue weighted by atomic mass is 19.4. The lowest BCUT2D eigenvalue weighted by Crippen LogP contribution is -2.15. The monoisotopic (exact) mass is 300 g/mol. The Balaban J connectivity index is 2.19. The topological polar surface area (TPSA) is 63.0 Å². The van der Waals surface area contributed by atoms with Crippen molar-refractivity contribution in [2.45, 2.75) is 26.6 Å². The van der Waals surface area contributed by atoms with Crippen LogP contribution < -0.4 is 10.6 Å². The summed E-state index contributed by atoms with van der Waals surface area (Å²) in [5, 5.41) is 5.55. The number of nitrogens with one attached hydrogen (secondary N) is 2. The first-order valence-electron chi connectivity index (χ1n) is 6.38. The van der Waals surface area contributed by atoms with Gasteiger partial charge < -0.3 is 15.1 Å². The zero-order valence-corrected chi connectivity index (χ0v) is 11.6. The Morgan fingerprint density at radius 1 is 1.14 bits per heavy atom. The molecule has 0 radical (unpaired) electrons. The standard InChI is InChI=1S/C13H15F3N4O/c1-3-17-10-6-11(20-12(19-10)13(14,15)16)18-7-9-5-4-8(2)21-9/h4-6H,3,7H2,1-2H3,(H2,17,18,19,20). The van der Waals surface area contributed by atoms with Gasteiger partial charge in [0.05, 0.1) is 6.54 Å². The summed E-state index contributed by atoms with van der Waals surface area (Å²) in [5.41, 5.74) is 0. The van der Waals surface area contributed by atoms with Crippen LogP contribution in [0.5, 0.6) is 0 Å². The van der Waals surface area contributed by atoms with Gasteiger partial charge in [0.1, 0.15) is 23.2 Å². The van der Waals surface area contributed by atoms with Crippen LogP contribution in [0.3, 0.4) is 0 Å². The normalized spacial score (nSPS) is 11.5. The number of halogens is 3. The quantitative estimate of drug-likeness (QED) is 0.885. The van der Waals surface area contributed by atoms with Crippen molar-refractivity contribution < 1.29 is 17.6 Å². The molecule has 0 atom stereocenters. The third kappa shape index (κ3) is 4.11. The van der Waals surface area contributed by atoms with Gasteiger partial charge in [-0.05, 0) is 26.0 Å². The predicted molar refractivity (Wildman–Crippen MR) is 72.0 cm³/mol. The largest absolute Gasteiger partial charge is 0.465 e. The molecule has 2 heterocycles. The highest BCUT2D eigenvalue weighted by Gasteiger charge is 2.35. The third-order valence-electron chi connectivity index (χ3n) is 2.58. The van der Waals surface area contributed by atoms with E-state index in [-0.39, 0.29) is 18.2 Å². The number of hydrogen-bond donors (Lipinski definition) is 2. The van der Waals surface area contributed by atoms with E-state index in [0.717, 1.165) is 5.76 Å². The Morgan fingerprint density at radius 3 is 2.33 bits per heavy atom. The molecule has 0 spiro atoms. The van der Waals surface area contributed by atoms with Gasteiger partial charge in [0, 0.05) is 12.6 Å². The summed E-state index contributed by atoms with van der Waals surface area (Å²) in [6.45, 7) is 4.27. The molecule has 0 aliphatic carbocycles. The van der Waals surface area contributed by atoms with Crippen LogP contribution in [0.1, 0.15) is 24.3 Å². The van der Waals surface area contributed by atoms with Crippen LogP contribution in [-0.4, -0.2) is 16.5 Å². The Hall–Kier alpha value is -2.25. The SMILES string of the molecule is CCNc1cc(NCc2ccc(C)o2)nc(C(F)(F)F)n1. The molecule has 5 nitrogen and oxygen atoms in total. The number of aryl methyl sites for hydroxylation is 1. The molecule has 0 bridgehead atoms. The van der Waals surface area contributed by atoms with Crippen LogP contribution >= 0.6 is 0 Å². The Kier molecular flexibility index (Phi) is 4.35. The Morgan fingerprint density at radius 2 is 1.81 bits per heavy atom. The number of hydrogen-bond acceptors (Lipinski definition) is 5. The van der Waals surface area contributed by atoms with Crippen molar-refractivity contribution in [3.63, 3.8) is 0 Å². The second-order valence-corrected chi connectivity index (χ2v) is 4.36. The molecule has 0 aromatic carbocycles. The van der Waals surface area contributed by atoms with Crippen molar-refractivity contribution in [1.82, 2.24) is 9.97 Å². The molecule has 8 heteroatoms. The van der Waals surface area contributed by atoms with Crippen LogP contribution in [0.4, 0.5) is 24.8 Å². The average Bonchev–Trinajstić information content (AvgIpc) is 2.81. The lowest BCUT2D eigenvalue weighted by Gasteiger charge is -2.11. The number of aromatic nitrogens is 2. The van der Waals surface area contributed by atoms with E-state index in [9.17, 15) is 13.2 Å². The van der Waals surface area contributed by atoms with Crippen molar-refractivity contribution in [3.05, 3.63) is 35.5 Å². The molecule has 2 aromatic rings. The molecule has 0 unspecified atom stereocenters. The second kappa shape index (κ2) is 6.02. The van der Waals surface area contributed by atoms with Gasteiger partial charge in [0.15, 0.2) is 0 Å².